The number of rotatable bonds is 29. The number of nitrogens with zero attached hydrogens (tertiary/aromatic N) is 2. The van der Waals surface area contributed by atoms with Crippen molar-refractivity contribution in [3.05, 3.63) is 102 Å². The first kappa shape index (κ1) is 52.3. The molecule has 24 heteroatoms. The van der Waals surface area contributed by atoms with Crippen molar-refractivity contribution in [2.24, 2.45) is 11.5 Å². The SMILES string of the molecule is N[C@@H](Cc1cnc[nH]1)C(=O)NCC(=O)NCC(=O)N[C@@H](Cc1cnc[nH]1)C(=O)NCC(=O)NCCCCSC[C@H](NC(=O)[C@@H](N)Cc1ccc(O)cc1)C(=O)N[C@@H](Cc1ccccc1)C(=O)O. The van der Waals surface area contributed by atoms with Crippen molar-refractivity contribution in [2.45, 2.75) is 68.7 Å². The summed E-state index contributed by atoms with van der Waals surface area (Å²) in [5, 5.41) is 37.1. The summed E-state index contributed by atoms with van der Waals surface area (Å²) in [4.78, 5) is 115. The zero-order valence-electron chi connectivity index (χ0n) is 36.5. The molecule has 2 heterocycles. The molecule has 2 aromatic carbocycles. The van der Waals surface area contributed by atoms with E-state index in [0.717, 1.165) is 0 Å². The Balaban J connectivity index is 1.18. The van der Waals surface area contributed by atoms with Crippen LogP contribution in [-0.4, -0.2) is 145 Å². The first-order valence-electron chi connectivity index (χ1n) is 21.2. The minimum Gasteiger partial charge on any atom is -0.508 e. The third-order valence-electron chi connectivity index (χ3n) is 9.84. The molecule has 0 aliphatic rings. The zero-order valence-corrected chi connectivity index (χ0v) is 37.3. The van der Waals surface area contributed by atoms with Crippen LogP contribution in [-0.2, 0) is 64.0 Å². The first-order valence-corrected chi connectivity index (χ1v) is 22.4. The van der Waals surface area contributed by atoms with Gasteiger partial charge in [-0.3, -0.25) is 33.6 Å². The van der Waals surface area contributed by atoms with Crippen LogP contribution in [0.15, 0.2) is 79.6 Å². The molecule has 0 unspecified atom stereocenters. The molecule has 0 bridgehead atoms. The molecule has 0 saturated carbocycles. The highest BCUT2D eigenvalue weighted by Gasteiger charge is 2.29. The number of thioether (sulfide) groups is 1. The summed E-state index contributed by atoms with van der Waals surface area (Å²) >= 11 is 1.33. The van der Waals surface area contributed by atoms with E-state index in [1.54, 1.807) is 42.5 Å². The van der Waals surface area contributed by atoms with Crippen molar-refractivity contribution in [3.63, 3.8) is 0 Å². The summed E-state index contributed by atoms with van der Waals surface area (Å²) in [6.45, 7) is -1.12. The molecule has 0 fully saturated rings. The zero-order chi connectivity index (χ0) is 48.6. The number of carboxylic acids is 1. The van der Waals surface area contributed by atoms with E-state index in [9.17, 15) is 48.6 Å². The van der Waals surface area contributed by atoms with Gasteiger partial charge in [0.15, 0.2) is 0 Å². The number of hydrogen-bond donors (Lipinski definition) is 13. The summed E-state index contributed by atoms with van der Waals surface area (Å²) in [5.41, 5.74) is 14.6. The van der Waals surface area contributed by atoms with Crippen LogP contribution in [0.4, 0.5) is 0 Å². The lowest BCUT2D eigenvalue weighted by atomic mass is 10.0. The molecule has 5 atom stereocenters. The summed E-state index contributed by atoms with van der Waals surface area (Å²) in [6, 6.07) is 9.40. The van der Waals surface area contributed by atoms with Gasteiger partial charge in [0.05, 0.1) is 44.4 Å². The molecular formula is C43H57N13O10S. The fourth-order valence-corrected chi connectivity index (χ4v) is 7.26. The Hall–Kier alpha value is -7.31. The molecule has 2 aromatic heterocycles. The summed E-state index contributed by atoms with van der Waals surface area (Å²) in [5.74, 6) is -5.08. The Kier molecular flexibility index (Phi) is 21.8. The Morgan fingerprint density at radius 3 is 1.81 bits per heavy atom. The number of aromatic amines is 2. The molecule has 360 valence electrons. The fourth-order valence-electron chi connectivity index (χ4n) is 6.21. The Labute approximate surface area is 389 Å². The number of nitrogens with two attached hydrogens (primary N) is 2. The second-order valence-corrected chi connectivity index (χ2v) is 16.4. The van der Waals surface area contributed by atoms with E-state index >= 15 is 0 Å². The molecule has 15 N–H and O–H groups in total. The third-order valence-corrected chi connectivity index (χ3v) is 11.0. The van der Waals surface area contributed by atoms with Crippen molar-refractivity contribution < 1.29 is 48.6 Å². The van der Waals surface area contributed by atoms with Gasteiger partial charge in [0.2, 0.25) is 41.4 Å². The monoisotopic (exact) mass is 947 g/mol. The van der Waals surface area contributed by atoms with Gasteiger partial charge in [0, 0.05) is 55.3 Å². The largest absolute Gasteiger partial charge is 0.508 e. The number of imidazole rings is 2. The van der Waals surface area contributed by atoms with Crippen LogP contribution in [0, 0.1) is 0 Å². The van der Waals surface area contributed by atoms with Gasteiger partial charge in [-0.25, -0.2) is 14.8 Å². The number of aromatic hydroxyl groups is 1. The van der Waals surface area contributed by atoms with Crippen molar-refractivity contribution in [3.8, 4) is 5.75 Å². The van der Waals surface area contributed by atoms with Crippen LogP contribution in [0.5, 0.6) is 5.75 Å². The minimum absolute atomic E-state index is 0.0122. The number of H-pyrrole nitrogens is 2. The lowest BCUT2D eigenvalue weighted by molar-refractivity contribution is -0.142. The van der Waals surface area contributed by atoms with Gasteiger partial charge in [0.25, 0.3) is 0 Å². The van der Waals surface area contributed by atoms with E-state index < -0.39 is 97.2 Å². The highest BCUT2D eigenvalue weighted by Crippen LogP contribution is 2.13. The van der Waals surface area contributed by atoms with Crippen molar-refractivity contribution >= 4 is 59.1 Å². The van der Waals surface area contributed by atoms with Crippen LogP contribution < -0.4 is 48.7 Å². The lowest BCUT2D eigenvalue weighted by Gasteiger charge is -2.23. The Bertz CT molecular complexity index is 2210. The third kappa shape index (κ3) is 19.8. The maximum atomic E-state index is 13.5. The van der Waals surface area contributed by atoms with Crippen LogP contribution in [0.2, 0.25) is 0 Å². The number of phenolic OH excluding ortho intramolecular Hbond substituents is 1. The van der Waals surface area contributed by atoms with Crippen molar-refractivity contribution in [1.82, 2.24) is 57.2 Å². The van der Waals surface area contributed by atoms with E-state index in [2.05, 4.69) is 57.2 Å². The summed E-state index contributed by atoms with van der Waals surface area (Å²) < 4.78 is 0. The fraction of sp³-hybridized carbons (Fsp3) is 0.395. The summed E-state index contributed by atoms with van der Waals surface area (Å²) in [6.07, 6.45) is 7.20. The van der Waals surface area contributed by atoms with E-state index in [1.165, 1.54) is 48.9 Å². The average molecular weight is 948 g/mol. The van der Waals surface area contributed by atoms with E-state index in [0.29, 0.717) is 41.1 Å². The van der Waals surface area contributed by atoms with E-state index in [1.807, 2.05) is 0 Å². The molecule has 0 radical (unpaired) electrons. The number of carboxylic acid groups (broad SMARTS) is 1. The number of aliphatic carboxylic acids is 1. The first-order chi connectivity index (χ1) is 32.2. The standard InChI is InChI=1S/C43H57N13O10S/c44-31(14-27-8-10-30(57)11-9-27)40(62)56-35(42(64)55-34(43(65)66)15-26-6-2-1-3-7-26)23-67-13-5-4-12-48-36(58)20-51-41(63)33(17-29-19-47-25-53-29)54-38(60)22-49-37(59)21-50-39(61)32(45)16-28-18-46-24-52-28/h1-3,6-11,18-19,24-25,31-35,57H,4-5,12-17,20-23,44-45H2,(H,46,52)(H,47,53)(H,48,58)(H,49,59)(H,50,61)(H,51,63)(H,54,60)(H,55,64)(H,56,62)(H,65,66)/t31-,32-,33-,34-,35-/m0/s1. The van der Waals surface area contributed by atoms with Crippen LogP contribution in [0.1, 0.15) is 35.4 Å². The van der Waals surface area contributed by atoms with Crippen LogP contribution in [0.25, 0.3) is 0 Å². The molecule has 67 heavy (non-hydrogen) atoms. The maximum Gasteiger partial charge on any atom is 0.326 e. The molecule has 0 aliphatic heterocycles. The van der Waals surface area contributed by atoms with Gasteiger partial charge < -0.3 is 68.9 Å². The number of carbonyl (C=O) groups is 8. The average Bonchev–Trinajstić information content (AvgIpc) is 4.04. The quantitative estimate of drug-likeness (QED) is 0.0246. The number of phenols is 1. The number of nitrogens with one attached hydrogen (secondary N) is 9. The van der Waals surface area contributed by atoms with Crippen molar-refractivity contribution in [2.75, 3.05) is 37.7 Å². The maximum absolute atomic E-state index is 13.5. The molecule has 23 nitrogen and oxygen atoms in total. The molecule has 0 spiro atoms. The second kappa shape index (κ2) is 27.9. The molecule has 4 aromatic rings. The molecular weight excluding hydrogens is 891 g/mol. The highest BCUT2D eigenvalue weighted by molar-refractivity contribution is 7.99. The van der Waals surface area contributed by atoms with Crippen LogP contribution in [0.3, 0.4) is 0 Å². The minimum atomic E-state index is -1.27. The van der Waals surface area contributed by atoms with Gasteiger partial charge in [0.1, 0.15) is 23.9 Å². The summed E-state index contributed by atoms with van der Waals surface area (Å²) in [7, 11) is 0. The normalized spacial score (nSPS) is 13.1. The Morgan fingerprint density at radius 1 is 0.582 bits per heavy atom. The predicted molar refractivity (Wildman–Crippen MR) is 245 cm³/mol. The van der Waals surface area contributed by atoms with Gasteiger partial charge in [-0.05, 0) is 48.3 Å². The molecule has 4 rings (SSSR count). The van der Waals surface area contributed by atoms with Gasteiger partial charge in [-0.15, -0.1) is 0 Å². The number of unbranched alkanes of at least 4 members (excludes halogenated alkanes) is 1. The molecule has 7 amide bonds. The lowest BCUT2D eigenvalue weighted by Crippen LogP contribution is -2.56. The predicted octanol–water partition coefficient (Wildman–Crippen LogP) is -2.72. The van der Waals surface area contributed by atoms with Gasteiger partial charge in [-0.1, -0.05) is 42.5 Å². The second-order valence-electron chi connectivity index (χ2n) is 15.3. The van der Waals surface area contributed by atoms with E-state index in [-0.39, 0.29) is 43.7 Å². The van der Waals surface area contributed by atoms with Gasteiger partial charge >= 0.3 is 5.97 Å². The highest BCUT2D eigenvalue weighted by atomic mass is 32.2. The Morgan fingerprint density at radius 2 is 1.16 bits per heavy atom. The smallest absolute Gasteiger partial charge is 0.326 e. The van der Waals surface area contributed by atoms with Crippen molar-refractivity contribution in [1.29, 1.82) is 0 Å². The van der Waals surface area contributed by atoms with E-state index in [4.69, 9.17) is 11.5 Å². The van der Waals surface area contributed by atoms with Crippen LogP contribution >= 0.6 is 11.8 Å². The number of carbonyl (C=O) groups excluding carboxylic acids is 7. The topological polar surface area (TPSA) is 371 Å². The number of amides is 7. The molecule has 0 aliphatic carbocycles. The number of aromatic nitrogens is 4. The number of benzene rings is 2. The van der Waals surface area contributed by atoms with Gasteiger partial charge in [-0.2, -0.15) is 11.8 Å². The molecule has 0 saturated heterocycles. The number of hydrogen-bond acceptors (Lipinski definition) is 14.